The molecule has 0 spiro atoms. The maximum Gasteiger partial charge on any atom is 0.290 e. The van der Waals surface area contributed by atoms with E-state index in [0.29, 0.717) is 26.1 Å². The highest BCUT2D eigenvalue weighted by Gasteiger charge is 2.33. The molecule has 28 heavy (non-hydrogen) atoms. The van der Waals surface area contributed by atoms with Gasteiger partial charge in [0.05, 0.1) is 12.9 Å². The number of likely N-dealkylation sites (tertiary alicyclic amines) is 1. The van der Waals surface area contributed by atoms with Crippen LogP contribution < -0.4 is 10.1 Å². The van der Waals surface area contributed by atoms with Gasteiger partial charge in [0.1, 0.15) is 11.8 Å². The van der Waals surface area contributed by atoms with E-state index in [-0.39, 0.29) is 17.6 Å². The van der Waals surface area contributed by atoms with Crippen LogP contribution in [-0.4, -0.2) is 35.9 Å². The Kier molecular flexibility index (Phi) is 6.74. The van der Waals surface area contributed by atoms with Gasteiger partial charge in [-0.3, -0.25) is 9.59 Å². The Morgan fingerprint density at radius 1 is 1.29 bits per heavy atom. The van der Waals surface area contributed by atoms with Crippen LogP contribution in [0, 0.1) is 6.92 Å². The molecule has 0 saturated carbocycles. The molecule has 150 valence electrons. The van der Waals surface area contributed by atoms with E-state index in [1.165, 1.54) is 6.26 Å². The predicted molar refractivity (Wildman–Crippen MR) is 106 cm³/mol. The minimum Gasteiger partial charge on any atom is -0.494 e. The molecule has 6 heteroatoms. The van der Waals surface area contributed by atoms with Gasteiger partial charge in [-0.05, 0) is 68.0 Å². The van der Waals surface area contributed by atoms with Crippen LogP contribution in [0.4, 0.5) is 0 Å². The first-order chi connectivity index (χ1) is 13.6. The largest absolute Gasteiger partial charge is 0.494 e. The van der Waals surface area contributed by atoms with Crippen LogP contribution in [0.3, 0.4) is 0 Å². The van der Waals surface area contributed by atoms with Gasteiger partial charge in [0.25, 0.3) is 5.91 Å². The highest BCUT2D eigenvalue weighted by Crippen LogP contribution is 2.21. The third-order valence-electron chi connectivity index (χ3n) is 5.04. The molecule has 1 atom stereocenters. The highest BCUT2D eigenvalue weighted by molar-refractivity contribution is 5.95. The number of aryl methyl sites for hydroxylation is 1. The quantitative estimate of drug-likeness (QED) is 0.790. The Labute approximate surface area is 165 Å². The van der Waals surface area contributed by atoms with Crippen molar-refractivity contribution in [2.45, 2.75) is 52.1 Å². The smallest absolute Gasteiger partial charge is 0.290 e. The summed E-state index contributed by atoms with van der Waals surface area (Å²) in [6, 6.07) is 8.76. The van der Waals surface area contributed by atoms with Gasteiger partial charge in [-0.25, -0.2) is 0 Å². The summed E-state index contributed by atoms with van der Waals surface area (Å²) in [6.45, 7) is 5.77. The first-order valence-corrected chi connectivity index (χ1v) is 9.94. The second kappa shape index (κ2) is 9.44. The zero-order chi connectivity index (χ0) is 19.9. The fourth-order valence-corrected chi connectivity index (χ4v) is 3.47. The number of hydrogen-bond donors (Lipinski definition) is 1. The lowest BCUT2D eigenvalue weighted by Gasteiger charge is -2.34. The summed E-state index contributed by atoms with van der Waals surface area (Å²) < 4.78 is 10.9. The van der Waals surface area contributed by atoms with Gasteiger partial charge in [0.2, 0.25) is 5.91 Å². The van der Waals surface area contributed by atoms with E-state index in [0.717, 1.165) is 36.1 Å². The number of ether oxygens (including phenoxy) is 1. The standard InChI is InChI=1S/C22H28N2O4/c1-3-12-27-18-10-9-17(16(2)14-18)15-23-21(25)19-7-4-5-11-24(19)22(26)20-8-6-13-28-20/h6,8-10,13-14,19H,3-5,7,11-12,15H2,1-2H3,(H,23,25)/t19-/m0/s1. The minimum absolute atomic E-state index is 0.120. The molecule has 2 amide bonds. The predicted octanol–water partition coefficient (Wildman–Crippen LogP) is 3.69. The summed E-state index contributed by atoms with van der Waals surface area (Å²) in [7, 11) is 0. The Morgan fingerprint density at radius 3 is 2.86 bits per heavy atom. The summed E-state index contributed by atoms with van der Waals surface area (Å²) >= 11 is 0. The van der Waals surface area contributed by atoms with Crippen LogP contribution in [0.5, 0.6) is 5.75 Å². The second-order valence-corrected chi connectivity index (χ2v) is 7.14. The zero-order valence-corrected chi connectivity index (χ0v) is 16.6. The number of piperidine rings is 1. The Hall–Kier alpha value is -2.76. The number of carbonyl (C=O) groups is 2. The van der Waals surface area contributed by atoms with Crippen molar-refractivity contribution in [3.8, 4) is 5.75 Å². The fraction of sp³-hybridized carbons (Fsp3) is 0.455. The number of benzene rings is 1. The van der Waals surface area contributed by atoms with Crippen LogP contribution in [-0.2, 0) is 11.3 Å². The molecular weight excluding hydrogens is 356 g/mol. The summed E-state index contributed by atoms with van der Waals surface area (Å²) in [5.41, 5.74) is 2.11. The summed E-state index contributed by atoms with van der Waals surface area (Å²) in [5, 5.41) is 3.00. The van der Waals surface area contributed by atoms with Gasteiger partial charge in [-0.15, -0.1) is 0 Å². The van der Waals surface area contributed by atoms with Crippen molar-refractivity contribution in [1.82, 2.24) is 10.2 Å². The summed E-state index contributed by atoms with van der Waals surface area (Å²) in [6.07, 6.45) is 4.94. The number of hydrogen-bond acceptors (Lipinski definition) is 4. The van der Waals surface area contributed by atoms with E-state index in [4.69, 9.17) is 9.15 Å². The van der Waals surface area contributed by atoms with E-state index in [1.807, 2.05) is 25.1 Å². The molecule has 1 aliphatic rings. The van der Waals surface area contributed by atoms with Crippen molar-refractivity contribution in [2.24, 2.45) is 0 Å². The van der Waals surface area contributed by atoms with E-state index in [2.05, 4.69) is 12.2 Å². The second-order valence-electron chi connectivity index (χ2n) is 7.14. The lowest BCUT2D eigenvalue weighted by molar-refractivity contribution is -0.126. The molecule has 0 aliphatic carbocycles. The van der Waals surface area contributed by atoms with Crippen molar-refractivity contribution in [3.63, 3.8) is 0 Å². The number of furan rings is 1. The lowest BCUT2D eigenvalue weighted by atomic mass is 10.0. The van der Waals surface area contributed by atoms with E-state index < -0.39 is 6.04 Å². The molecular formula is C22H28N2O4. The molecule has 2 aromatic rings. The molecule has 1 saturated heterocycles. The highest BCUT2D eigenvalue weighted by atomic mass is 16.5. The monoisotopic (exact) mass is 384 g/mol. The van der Waals surface area contributed by atoms with Crippen molar-refractivity contribution >= 4 is 11.8 Å². The van der Waals surface area contributed by atoms with Crippen molar-refractivity contribution in [2.75, 3.05) is 13.2 Å². The topological polar surface area (TPSA) is 71.8 Å². The molecule has 0 radical (unpaired) electrons. The molecule has 2 heterocycles. The van der Waals surface area contributed by atoms with Crippen LogP contribution in [0.25, 0.3) is 0 Å². The first-order valence-electron chi connectivity index (χ1n) is 9.94. The third kappa shape index (κ3) is 4.74. The Bertz CT molecular complexity index is 801. The lowest BCUT2D eigenvalue weighted by Crippen LogP contribution is -2.51. The van der Waals surface area contributed by atoms with E-state index >= 15 is 0 Å². The van der Waals surface area contributed by atoms with Crippen molar-refractivity contribution < 1.29 is 18.7 Å². The Balaban J connectivity index is 1.62. The minimum atomic E-state index is -0.459. The van der Waals surface area contributed by atoms with Gasteiger partial charge in [-0.1, -0.05) is 13.0 Å². The van der Waals surface area contributed by atoms with Crippen molar-refractivity contribution in [3.05, 3.63) is 53.5 Å². The van der Waals surface area contributed by atoms with Crippen LogP contribution in [0.2, 0.25) is 0 Å². The number of rotatable bonds is 7. The molecule has 1 aliphatic heterocycles. The average molecular weight is 384 g/mol. The van der Waals surface area contributed by atoms with Gasteiger partial charge in [0, 0.05) is 13.1 Å². The van der Waals surface area contributed by atoms with Crippen LogP contribution >= 0.6 is 0 Å². The molecule has 0 bridgehead atoms. The van der Waals surface area contributed by atoms with Gasteiger partial charge < -0.3 is 19.4 Å². The Morgan fingerprint density at radius 2 is 2.14 bits per heavy atom. The van der Waals surface area contributed by atoms with Gasteiger partial charge >= 0.3 is 0 Å². The molecule has 3 rings (SSSR count). The molecule has 1 aromatic carbocycles. The third-order valence-corrected chi connectivity index (χ3v) is 5.04. The van der Waals surface area contributed by atoms with E-state index in [1.54, 1.807) is 17.0 Å². The van der Waals surface area contributed by atoms with Crippen molar-refractivity contribution in [1.29, 1.82) is 0 Å². The zero-order valence-electron chi connectivity index (χ0n) is 16.6. The normalized spacial score (nSPS) is 16.6. The van der Waals surface area contributed by atoms with E-state index in [9.17, 15) is 9.59 Å². The van der Waals surface area contributed by atoms with Crippen LogP contribution in [0.1, 0.15) is 54.3 Å². The SMILES string of the molecule is CCCOc1ccc(CNC(=O)[C@@H]2CCCCN2C(=O)c2ccco2)c(C)c1. The molecule has 6 nitrogen and oxygen atoms in total. The number of carbonyl (C=O) groups excluding carboxylic acids is 2. The fourth-order valence-electron chi connectivity index (χ4n) is 3.47. The summed E-state index contributed by atoms with van der Waals surface area (Å²) in [5.74, 6) is 0.777. The first kappa shape index (κ1) is 20.0. The summed E-state index contributed by atoms with van der Waals surface area (Å²) in [4.78, 5) is 27.1. The van der Waals surface area contributed by atoms with Gasteiger partial charge in [-0.2, -0.15) is 0 Å². The molecule has 1 aromatic heterocycles. The molecule has 0 unspecified atom stereocenters. The maximum atomic E-state index is 12.8. The molecule has 1 N–H and O–H groups in total. The average Bonchev–Trinajstić information content (AvgIpc) is 3.25. The number of nitrogens with zero attached hydrogens (tertiary/aromatic N) is 1. The number of nitrogens with one attached hydrogen (secondary N) is 1. The van der Waals surface area contributed by atoms with Gasteiger partial charge in [0.15, 0.2) is 5.76 Å². The number of amides is 2. The molecule has 1 fully saturated rings. The maximum absolute atomic E-state index is 12.8. The van der Waals surface area contributed by atoms with Crippen LogP contribution in [0.15, 0.2) is 41.0 Å².